The lowest BCUT2D eigenvalue weighted by Gasteiger charge is -2.29. The largest absolute Gasteiger partial charge is 0.308 e. The number of carbonyl (C=O) groups is 2. The average Bonchev–Trinajstić information content (AvgIpc) is 3.32. The van der Waals surface area contributed by atoms with Gasteiger partial charge in [-0.15, -0.1) is 5.11 Å². The van der Waals surface area contributed by atoms with E-state index in [2.05, 4.69) is 14.6 Å². The number of nitrogens with zero attached hydrogens (tertiary/aromatic N) is 8. The van der Waals surface area contributed by atoms with E-state index in [0.717, 1.165) is 11.5 Å². The molecule has 3 rings (SSSR count). The third kappa shape index (κ3) is 5.89. The minimum Gasteiger partial charge on any atom is -0.308 e. The molecule has 0 aliphatic carbocycles. The molecule has 1 aliphatic heterocycles. The Labute approximate surface area is 216 Å². The van der Waals surface area contributed by atoms with Gasteiger partial charge in [-0.2, -0.15) is 13.8 Å². The molecule has 1 aromatic carbocycles. The molecule has 36 heavy (non-hydrogen) atoms. The molecule has 198 valence electrons. The van der Waals surface area contributed by atoms with Gasteiger partial charge in [-0.25, -0.2) is 18.4 Å². The smallest absolute Gasteiger partial charge is 0.277 e. The number of likely N-dealkylation sites (N-methyl/N-ethyl adjacent to an activating group) is 2. The molecular weight excluding hydrogens is 504 g/mol. The molecule has 2 heterocycles. The Kier molecular flexibility index (Phi) is 9.11. The highest BCUT2D eigenvalue weighted by Gasteiger charge is 2.45. The summed E-state index contributed by atoms with van der Waals surface area (Å²) < 4.78 is 31.6. The van der Waals surface area contributed by atoms with Crippen molar-refractivity contribution >= 4 is 49.3 Å². The van der Waals surface area contributed by atoms with Crippen LogP contribution in [0.5, 0.6) is 0 Å². The van der Waals surface area contributed by atoms with Crippen LogP contribution in [-0.4, -0.2) is 122 Å². The zero-order chi connectivity index (χ0) is 26.6. The van der Waals surface area contributed by atoms with Gasteiger partial charge in [-0.3, -0.25) is 9.59 Å². The van der Waals surface area contributed by atoms with Crippen LogP contribution in [0.15, 0.2) is 33.3 Å². The number of aromatic nitrogens is 1. The first-order valence-corrected chi connectivity index (χ1v) is 13.9. The molecule has 2 amide bonds. The maximum absolute atomic E-state index is 13.1. The zero-order valence-corrected chi connectivity index (χ0v) is 23.2. The lowest BCUT2D eigenvalue weighted by Crippen LogP contribution is -2.46. The third-order valence-electron chi connectivity index (χ3n) is 5.82. The van der Waals surface area contributed by atoms with Crippen LogP contribution in [0.2, 0.25) is 0 Å². The molecule has 0 atom stereocenters. The van der Waals surface area contributed by atoms with Crippen LogP contribution in [0.3, 0.4) is 0 Å². The summed E-state index contributed by atoms with van der Waals surface area (Å²) in [5.41, 5.74) is 0.566. The number of hydrogen-bond acceptors (Lipinski definition) is 10. The Bertz CT molecular complexity index is 1190. The highest BCUT2D eigenvalue weighted by Crippen LogP contribution is 2.33. The fraction of sp³-hybridized carbons (Fsp3) is 0.591. The zero-order valence-electron chi connectivity index (χ0n) is 21.6. The third-order valence-corrected chi connectivity index (χ3v) is 8.63. The summed E-state index contributed by atoms with van der Waals surface area (Å²) in [6.07, 6.45) is 0. The lowest BCUT2D eigenvalue weighted by molar-refractivity contribution is -0.147. The second kappa shape index (κ2) is 11.7. The number of hydrogen-bond donors (Lipinski definition) is 0. The highest BCUT2D eigenvalue weighted by atomic mass is 32.2. The molecule has 1 aromatic heterocycles. The summed E-state index contributed by atoms with van der Waals surface area (Å²) in [6.45, 7) is 6.16. The summed E-state index contributed by atoms with van der Waals surface area (Å²) in [5, 5.41) is 12.0. The van der Waals surface area contributed by atoms with Crippen molar-refractivity contribution in [2.45, 2.75) is 24.8 Å². The normalized spacial score (nSPS) is 15.8. The molecule has 1 saturated heterocycles. The van der Waals surface area contributed by atoms with Crippen molar-refractivity contribution in [2.24, 2.45) is 10.2 Å². The van der Waals surface area contributed by atoms with Crippen molar-refractivity contribution in [1.29, 1.82) is 0 Å². The number of rotatable bonds is 12. The molecular formula is C22H34N8O4S2. The summed E-state index contributed by atoms with van der Waals surface area (Å²) in [7, 11) is 3.92. The van der Waals surface area contributed by atoms with Crippen LogP contribution < -0.4 is 0 Å². The summed E-state index contributed by atoms with van der Waals surface area (Å²) in [4.78, 5) is 30.2. The summed E-state index contributed by atoms with van der Waals surface area (Å²) in [5.74, 6) is -0.856. The van der Waals surface area contributed by atoms with Crippen molar-refractivity contribution in [3.63, 3.8) is 0 Å². The van der Waals surface area contributed by atoms with Crippen LogP contribution >= 0.6 is 11.5 Å². The maximum atomic E-state index is 13.1. The van der Waals surface area contributed by atoms with Gasteiger partial charge in [0.15, 0.2) is 5.00 Å². The Balaban J connectivity index is 1.90. The van der Waals surface area contributed by atoms with Crippen molar-refractivity contribution in [3.8, 4) is 0 Å². The number of benzene rings is 1. The van der Waals surface area contributed by atoms with E-state index in [1.807, 2.05) is 38.0 Å². The van der Waals surface area contributed by atoms with Crippen LogP contribution in [0.4, 0.5) is 5.00 Å². The molecule has 1 fully saturated rings. The minimum absolute atomic E-state index is 0.132. The fourth-order valence-electron chi connectivity index (χ4n) is 3.74. The molecule has 0 N–H and O–H groups in total. The number of hydrazine groups is 1. The van der Waals surface area contributed by atoms with E-state index in [9.17, 15) is 18.0 Å². The Hall–Kier alpha value is -2.52. The van der Waals surface area contributed by atoms with Gasteiger partial charge in [0, 0.05) is 31.6 Å². The monoisotopic (exact) mass is 538 g/mol. The van der Waals surface area contributed by atoms with E-state index in [-0.39, 0.29) is 4.90 Å². The maximum Gasteiger partial charge on any atom is 0.277 e. The summed E-state index contributed by atoms with van der Waals surface area (Å²) in [6, 6.07) is 3.38. The molecule has 0 radical (unpaired) electrons. The van der Waals surface area contributed by atoms with Gasteiger partial charge >= 0.3 is 0 Å². The number of sulfonamides is 1. The number of carbonyl (C=O) groups excluding carboxylic acids is 2. The van der Waals surface area contributed by atoms with Crippen molar-refractivity contribution < 1.29 is 18.0 Å². The highest BCUT2D eigenvalue weighted by molar-refractivity contribution is 7.89. The van der Waals surface area contributed by atoms with E-state index >= 15 is 0 Å². The van der Waals surface area contributed by atoms with Crippen molar-refractivity contribution in [1.82, 2.24) is 28.5 Å². The van der Waals surface area contributed by atoms with Gasteiger partial charge in [0.25, 0.3) is 11.8 Å². The van der Waals surface area contributed by atoms with E-state index in [1.54, 1.807) is 19.9 Å². The second-order valence-corrected chi connectivity index (χ2v) is 11.6. The Morgan fingerprint density at radius 3 is 2.03 bits per heavy atom. The first kappa shape index (κ1) is 28.1. The lowest BCUT2D eigenvalue weighted by atomic mass is 10.2. The van der Waals surface area contributed by atoms with Crippen molar-refractivity contribution in [3.05, 3.63) is 18.2 Å². The van der Waals surface area contributed by atoms with Gasteiger partial charge in [0.05, 0.1) is 23.5 Å². The molecule has 0 unspecified atom stereocenters. The first-order chi connectivity index (χ1) is 17.0. The van der Waals surface area contributed by atoms with Gasteiger partial charge in [-0.1, -0.05) is 13.8 Å². The number of azo groups is 1. The van der Waals surface area contributed by atoms with Gasteiger partial charge in [-0.05, 0) is 57.9 Å². The van der Waals surface area contributed by atoms with Gasteiger partial charge in [0.2, 0.25) is 16.1 Å². The number of amides is 2. The topological polar surface area (TPSA) is 122 Å². The first-order valence-electron chi connectivity index (χ1n) is 11.7. The van der Waals surface area contributed by atoms with Gasteiger partial charge in [0.1, 0.15) is 0 Å². The number of fused-ring (bicyclic) bond motifs is 1. The van der Waals surface area contributed by atoms with E-state index < -0.39 is 27.9 Å². The SMILES string of the molecule is CCN(CC)S(=O)(=O)c1ccc2nsc(/N=N/C3C(=O)N(CCN(C)C)N(CCN(C)C)C3=O)c2c1. The van der Waals surface area contributed by atoms with E-state index in [0.29, 0.717) is 55.2 Å². The Morgan fingerprint density at radius 1 is 0.972 bits per heavy atom. The summed E-state index contributed by atoms with van der Waals surface area (Å²) >= 11 is 1.04. The molecule has 14 heteroatoms. The predicted octanol–water partition coefficient (Wildman–Crippen LogP) is 1.49. The van der Waals surface area contributed by atoms with E-state index in [4.69, 9.17) is 0 Å². The molecule has 0 saturated carbocycles. The molecule has 0 spiro atoms. The molecule has 1 aliphatic rings. The molecule has 12 nitrogen and oxygen atoms in total. The minimum atomic E-state index is -3.67. The standard InChI is InChI=1S/C22H34N8O4S2/c1-7-28(8-2)36(33,34)16-9-10-18-17(15-16)20(35-25-18)24-23-19-21(31)29(13-11-26(3)4)30(22(19)32)14-12-27(5)6/h9-10,15,19H,7-8,11-14H2,1-6H3/b24-23+. The average molecular weight is 539 g/mol. The van der Waals surface area contributed by atoms with Gasteiger partial charge < -0.3 is 9.80 Å². The van der Waals surface area contributed by atoms with Crippen LogP contribution in [0.25, 0.3) is 10.9 Å². The fourth-order valence-corrected chi connectivity index (χ4v) is 5.91. The van der Waals surface area contributed by atoms with Crippen molar-refractivity contribution in [2.75, 3.05) is 67.5 Å². The van der Waals surface area contributed by atoms with E-state index in [1.165, 1.54) is 26.5 Å². The second-order valence-electron chi connectivity index (χ2n) is 8.90. The van der Waals surface area contributed by atoms with Crippen LogP contribution in [0.1, 0.15) is 13.8 Å². The predicted molar refractivity (Wildman–Crippen MR) is 139 cm³/mol. The van der Waals surface area contributed by atoms with Crippen LogP contribution in [-0.2, 0) is 19.6 Å². The molecule has 0 bridgehead atoms. The Morgan fingerprint density at radius 2 is 1.53 bits per heavy atom. The quantitative estimate of drug-likeness (QED) is 0.296. The molecule has 2 aromatic rings. The van der Waals surface area contributed by atoms with Crippen LogP contribution in [0, 0.1) is 0 Å².